The third kappa shape index (κ3) is 4.72. The molecule has 27 heavy (non-hydrogen) atoms. The van der Waals surface area contributed by atoms with Crippen LogP contribution < -0.4 is 9.64 Å². The number of benzene rings is 1. The van der Waals surface area contributed by atoms with E-state index in [1.54, 1.807) is 0 Å². The fourth-order valence-electron chi connectivity index (χ4n) is 3.12. The summed E-state index contributed by atoms with van der Waals surface area (Å²) in [4.78, 5) is 19.2. The number of methoxy groups -OCH3 is 1. The van der Waals surface area contributed by atoms with Gasteiger partial charge in [-0.2, -0.15) is 0 Å². The maximum Gasteiger partial charge on any atom is 0.345 e. The summed E-state index contributed by atoms with van der Waals surface area (Å²) in [5.74, 6) is 0.429. The van der Waals surface area contributed by atoms with Crippen LogP contribution in [-0.2, 0) is 4.74 Å². The van der Waals surface area contributed by atoms with Gasteiger partial charge in [-0.15, -0.1) is 0 Å². The van der Waals surface area contributed by atoms with Crippen LogP contribution in [0, 0.1) is 20.8 Å². The van der Waals surface area contributed by atoms with Gasteiger partial charge in [-0.1, -0.05) is 18.5 Å². The van der Waals surface area contributed by atoms with E-state index in [2.05, 4.69) is 23.7 Å². The lowest BCUT2D eigenvalue weighted by Crippen LogP contribution is -2.26. The molecule has 1 aromatic heterocycles. The second-order valence-electron chi connectivity index (χ2n) is 6.50. The lowest BCUT2D eigenvalue weighted by atomic mass is 10.1. The molecule has 1 aromatic carbocycles. The van der Waals surface area contributed by atoms with Crippen LogP contribution in [0.4, 0.5) is 5.69 Å². The Morgan fingerprint density at radius 1 is 1.15 bits per heavy atom. The van der Waals surface area contributed by atoms with E-state index in [0.29, 0.717) is 16.3 Å². The summed E-state index contributed by atoms with van der Waals surface area (Å²) in [5, 5.41) is 0.642. The molecule has 5 nitrogen and oxygen atoms in total. The van der Waals surface area contributed by atoms with Crippen molar-refractivity contribution in [1.29, 1.82) is 0 Å². The molecule has 0 aliphatic carbocycles. The van der Waals surface area contributed by atoms with Gasteiger partial charge >= 0.3 is 5.97 Å². The minimum atomic E-state index is -0.466. The Labute approximate surface area is 166 Å². The van der Waals surface area contributed by atoms with Crippen molar-refractivity contribution in [1.82, 2.24) is 4.98 Å². The number of carbonyl (C=O) groups excluding carboxylic acids is 1. The van der Waals surface area contributed by atoms with E-state index >= 15 is 0 Å². The predicted molar refractivity (Wildman–Crippen MR) is 109 cm³/mol. The summed E-state index contributed by atoms with van der Waals surface area (Å²) in [6, 6.07) is 5.56. The van der Waals surface area contributed by atoms with Gasteiger partial charge in [-0.3, -0.25) is 0 Å². The van der Waals surface area contributed by atoms with E-state index in [9.17, 15) is 4.79 Å². The minimum absolute atomic E-state index is 0.250. The summed E-state index contributed by atoms with van der Waals surface area (Å²) in [6.07, 6.45) is 0.960. The molecule has 0 spiro atoms. The van der Waals surface area contributed by atoms with Gasteiger partial charge in [0.2, 0.25) is 5.88 Å². The second-order valence-corrected chi connectivity index (χ2v) is 6.94. The highest BCUT2D eigenvalue weighted by atomic mass is 35.5. The Hall–Kier alpha value is -2.27. The topological polar surface area (TPSA) is 51.7 Å². The molecule has 0 radical (unpaired) electrons. The van der Waals surface area contributed by atoms with Gasteiger partial charge in [0, 0.05) is 23.8 Å². The van der Waals surface area contributed by atoms with E-state index in [1.807, 2.05) is 39.0 Å². The zero-order valence-electron chi connectivity index (χ0n) is 16.9. The fraction of sp³-hybridized carbons (Fsp3) is 0.429. The van der Waals surface area contributed by atoms with Crippen LogP contribution in [0.3, 0.4) is 0 Å². The number of pyridine rings is 1. The Kier molecular flexibility index (Phi) is 7.08. The van der Waals surface area contributed by atoms with Gasteiger partial charge < -0.3 is 14.4 Å². The summed E-state index contributed by atoms with van der Waals surface area (Å²) < 4.78 is 11.2. The molecule has 0 aliphatic heterocycles. The number of aromatic nitrogens is 1. The zero-order valence-corrected chi connectivity index (χ0v) is 17.6. The maximum absolute atomic E-state index is 12.6. The summed E-state index contributed by atoms with van der Waals surface area (Å²) >= 11 is 6.12. The quantitative estimate of drug-likeness (QED) is 0.586. The van der Waals surface area contributed by atoms with Gasteiger partial charge in [0.25, 0.3) is 0 Å². The molecule has 6 heteroatoms. The van der Waals surface area contributed by atoms with E-state index in [1.165, 1.54) is 7.11 Å². The maximum atomic E-state index is 12.6. The number of halogens is 1. The lowest BCUT2D eigenvalue weighted by molar-refractivity contribution is 0.0597. The molecule has 0 atom stereocenters. The monoisotopic (exact) mass is 390 g/mol. The number of hydrogen-bond donors (Lipinski definition) is 0. The highest BCUT2D eigenvalue weighted by Gasteiger charge is 2.25. The molecule has 0 bridgehead atoms. The number of ether oxygens (including phenoxy) is 2. The molecule has 0 aliphatic rings. The largest absolute Gasteiger partial charge is 0.465 e. The van der Waals surface area contributed by atoms with Crippen LogP contribution in [0.15, 0.2) is 18.2 Å². The first-order valence-corrected chi connectivity index (χ1v) is 9.49. The third-order valence-electron chi connectivity index (χ3n) is 4.32. The third-order valence-corrected chi connectivity index (χ3v) is 4.54. The molecule has 1 heterocycles. The number of anilines is 1. The number of carbonyl (C=O) groups is 1. The summed E-state index contributed by atoms with van der Waals surface area (Å²) in [7, 11) is 1.37. The molecule has 0 amide bonds. The molecule has 146 valence electrons. The van der Waals surface area contributed by atoms with Gasteiger partial charge in [-0.25, -0.2) is 9.78 Å². The zero-order chi connectivity index (χ0) is 20.1. The Morgan fingerprint density at radius 3 is 2.30 bits per heavy atom. The van der Waals surface area contributed by atoms with Crippen LogP contribution in [-0.4, -0.2) is 31.2 Å². The molecular formula is C21H27ClN2O3. The van der Waals surface area contributed by atoms with E-state index in [-0.39, 0.29) is 5.88 Å². The molecule has 0 saturated carbocycles. The molecule has 0 fully saturated rings. The van der Waals surface area contributed by atoms with E-state index < -0.39 is 5.97 Å². The van der Waals surface area contributed by atoms with Crippen LogP contribution in [0.2, 0.25) is 5.02 Å². The lowest BCUT2D eigenvalue weighted by Gasteiger charge is -2.26. The van der Waals surface area contributed by atoms with E-state index in [0.717, 1.165) is 42.0 Å². The van der Waals surface area contributed by atoms with Crippen molar-refractivity contribution in [3.8, 4) is 11.6 Å². The summed E-state index contributed by atoms with van der Waals surface area (Å²) in [6.45, 7) is 11.5. The van der Waals surface area contributed by atoms with Crippen LogP contribution in [0.5, 0.6) is 11.6 Å². The molecule has 2 aromatic rings. The number of rotatable bonds is 7. The predicted octanol–water partition coefficient (Wildman–Crippen LogP) is 5.48. The second kappa shape index (κ2) is 9.09. The summed E-state index contributed by atoms with van der Waals surface area (Å²) in [5.41, 5.74) is 3.64. The average Bonchev–Trinajstić information content (AvgIpc) is 2.61. The molecular weight excluding hydrogens is 364 g/mol. The SMILES string of the molecule is CCCN(CC)c1cc(C)nc(Oc2c(C)cc(Cl)cc2C)c1C(=O)OC. The first kappa shape index (κ1) is 21.0. The Balaban J connectivity index is 2.65. The smallest absolute Gasteiger partial charge is 0.345 e. The Bertz CT molecular complexity index is 813. The Morgan fingerprint density at radius 2 is 1.78 bits per heavy atom. The van der Waals surface area contributed by atoms with Crippen molar-refractivity contribution in [2.75, 3.05) is 25.1 Å². The van der Waals surface area contributed by atoms with Gasteiger partial charge in [-0.05, 0) is 63.4 Å². The molecule has 0 saturated heterocycles. The standard InChI is InChI=1S/C21H27ClN2O3/c1-7-9-24(8-2)17-12-15(5)23-20(18(17)21(25)26-6)27-19-13(3)10-16(22)11-14(19)4/h10-12H,7-9H2,1-6H3. The normalized spacial score (nSPS) is 10.6. The first-order chi connectivity index (χ1) is 12.8. The first-order valence-electron chi connectivity index (χ1n) is 9.11. The molecule has 2 rings (SSSR count). The van der Waals surface area contributed by atoms with Crippen LogP contribution in [0.25, 0.3) is 0 Å². The number of esters is 1. The van der Waals surface area contributed by atoms with Crippen LogP contribution >= 0.6 is 11.6 Å². The highest BCUT2D eigenvalue weighted by molar-refractivity contribution is 6.30. The minimum Gasteiger partial charge on any atom is -0.465 e. The number of hydrogen-bond acceptors (Lipinski definition) is 5. The van der Waals surface area contributed by atoms with Crippen molar-refractivity contribution >= 4 is 23.3 Å². The number of nitrogens with zero attached hydrogens (tertiary/aromatic N) is 2. The van der Waals surface area contributed by atoms with Gasteiger partial charge in [0.15, 0.2) is 0 Å². The van der Waals surface area contributed by atoms with Gasteiger partial charge in [0.05, 0.1) is 12.8 Å². The van der Waals surface area contributed by atoms with Crippen molar-refractivity contribution < 1.29 is 14.3 Å². The average molecular weight is 391 g/mol. The molecule has 0 unspecified atom stereocenters. The van der Waals surface area contributed by atoms with Crippen molar-refractivity contribution in [2.24, 2.45) is 0 Å². The molecule has 0 N–H and O–H groups in total. The van der Waals surface area contributed by atoms with Gasteiger partial charge in [0.1, 0.15) is 11.3 Å². The van der Waals surface area contributed by atoms with Crippen molar-refractivity contribution in [2.45, 2.75) is 41.0 Å². The van der Waals surface area contributed by atoms with Crippen molar-refractivity contribution in [3.63, 3.8) is 0 Å². The highest BCUT2D eigenvalue weighted by Crippen LogP contribution is 2.36. The number of aryl methyl sites for hydroxylation is 3. The fourth-order valence-corrected chi connectivity index (χ4v) is 3.45. The van der Waals surface area contributed by atoms with Crippen LogP contribution in [0.1, 0.15) is 47.4 Å². The van der Waals surface area contributed by atoms with E-state index in [4.69, 9.17) is 21.1 Å². The van der Waals surface area contributed by atoms with Crippen molar-refractivity contribution in [3.05, 3.63) is 45.6 Å².